The second-order valence-electron chi connectivity index (χ2n) is 7.86. The highest BCUT2D eigenvalue weighted by molar-refractivity contribution is 14.0. The number of aliphatic imine (C=N–C) groups is 1. The van der Waals surface area contributed by atoms with Crippen LogP contribution in [0.2, 0.25) is 0 Å². The Hall–Kier alpha value is -1.51. The van der Waals surface area contributed by atoms with Crippen LogP contribution in [0.1, 0.15) is 50.2 Å². The normalized spacial score (nSPS) is 16.8. The molecule has 1 aliphatic carbocycles. The maximum Gasteiger partial charge on any atom is 0.241 e. The summed E-state index contributed by atoms with van der Waals surface area (Å²) < 4.78 is 6.04. The van der Waals surface area contributed by atoms with Crippen LogP contribution in [0.15, 0.2) is 23.2 Å². The number of nitrogens with zero attached hydrogens (tertiary/aromatic N) is 2. The Labute approximate surface area is 191 Å². The quantitative estimate of drug-likeness (QED) is 0.317. The molecule has 1 aromatic rings. The lowest BCUT2D eigenvalue weighted by molar-refractivity contribution is -0.130. The van der Waals surface area contributed by atoms with Gasteiger partial charge in [0.1, 0.15) is 5.75 Å². The number of carbonyl (C=O) groups excluding carboxylic acids is 1. The molecule has 6 nitrogen and oxygen atoms in total. The number of likely N-dealkylation sites (tertiary alicyclic amines) is 1. The van der Waals surface area contributed by atoms with Gasteiger partial charge in [0.15, 0.2) is 5.96 Å². The first kappa shape index (κ1) is 23.8. The van der Waals surface area contributed by atoms with Gasteiger partial charge in [-0.25, -0.2) is 4.99 Å². The Morgan fingerprint density at radius 3 is 2.66 bits per heavy atom. The molecule has 0 atom stereocenters. The van der Waals surface area contributed by atoms with E-state index in [9.17, 15) is 4.79 Å². The van der Waals surface area contributed by atoms with Gasteiger partial charge in [0, 0.05) is 25.2 Å². The monoisotopic (exact) mass is 514 g/mol. The molecule has 0 spiro atoms. The third-order valence-corrected chi connectivity index (χ3v) is 5.26. The smallest absolute Gasteiger partial charge is 0.241 e. The van der Waals surface area contributed by atoms with Crippen LogP contribution in [0.3, 0.4) is 0 Å². The molecule has 2 fully saturated rings. The first-order chi connectivity index (χ1) is 13.7. The van der Waals surface area contributed by atoms with Crippen LogP contribution in [0.5, 0.6) is 5.75 Å². The Bertz CT molecular complexity index is 685. The number of guanidine groups is 1. The van der Waals surface area contributed by atoms with E-state index in [1.807, 2.05) is 11.8 Å². The number of nitrogens with one attached hydrogen (secondary N) is 2. The van der Waals surface area contributed by atoms with Gasteiger partial charge in [-0.3, -0.25) is 4.79 Å². The van der Waals surface area contributed by atoms with E-state index in [4.69, 9.17) is 4.74 Å². The van der Waals surface area contributed by atoms with Gasteiger partial charge in [0.2, 0.25) is 5.91 Å². The number of hydrogen-bond donors (Lipinski definition) is 2. The van der Waals surface area contributed by atoms with Crippen molar-refractivity contribution in [2.75, 3.05) is 32.8 Å². The number of hydrogen-bond acceptors (Lipinski definition) is 3. The largest absolute Gasteiger partial charge is 0.493 e. The van der Waals surface area contributed by atoms with Crippen molar-refractivity contribution < 1.29 is 9.53 Å². The third kappa shape index (κ3) is 8.03. The molecule has 1 saturated heterocycles. The molecular weight excluding hydrogens is 479 g/mol. The summed E-state index contributed by atoms with van der Waals surface area (Å²) in [5.74, 6) is 2.46. The van der Waals surface area contributed by atoms with Gasteiger partial charge in [-0.15, -0.1) is 24.0 Å². The van der Waals surface area contributed by atoms with Crippen molar-refractivity contribution >= 4 is 35.8 Å². The van der Waals surface area contributed by atoms with Crippen molar-refractivity contribution in [3.05, 3.63) is 29.3 Å². The average molecular weight is 514 g/mol. The maximum atomic E-state index is 12.4. The molecule has 1 saturated carbocycles. The van der Waals surface area contributed by atoms with Gasteiger partial charge < -0.3 is 20.3 Å². The number of amides is 1. The molecule has 0 unspecified atom stereocenters. The van der Waals surface area contributed by atoms with Crippen LogP contribution < -0.4 is 15.4 Å². The average Bonchev–Trinajstić information content (AvgIpc) is 3.54. The Morgan fingerprint density at radius 1 is 1.21 bits per heavy atom. The molecule has 2 aliphatic rings. The molecule has 1 heterocycles. The predicted octanol–water partition coefficient (Wildman–Crippen LogP) is 3.47. The molecular formula is C22H35IN4O2. The van der Waals surface area contributed by atoms with E-state index in [1.165, 1.54) is 24.8 Å². The Kier molecular flexibility index (Phi) is 10.0. The van der Waals surface area contributed by atoms with Gasteiger partial charge in [-0.05, 0) is 63.5 Å². The van der Waals surface area contributed by atoms with Gasteiger partial charge in [-0.2, -0.15) is 0 Å². The van der Waals surface area contributed by atoms with Crippen LogP contribution >= 0.6 is 24.0 Å². The Morgan fingerprint density at radius 2 is 1.97 bits per heavy atom. The minimum atomic E-state index is 0. The van der Waals surface area contributed by atoms with Gasteiger partial charge in [-0.1, -0.05) is 12.1 Å². The van der Waals surface area contributed by atoms with Crippen LogP contribution in [0, 0.1) is 12.8 Å². The summed E-state index contributed by atoms with van der Waals surface area (Å²) in [6, 6.07) is 6.27. The molecule has 162 valence electrons. The summed E-state index contributed by atoms with van der Waals surface area (Å²) in [7, 11) is 0. The van der Waals surface area contributed by atoms with Crippen LogP contribution in [-0.2, 0) is 11.3 Å². The zero-order valence-electron chi connectivity index (χ0n) is 17.7. The number of carbonyl (C=O) groups is 1. The summed E-state index contributed by atoms with van der Waals surface area (Å²) in [4.78, 5) is 19.0. The van der Waals surface area contributed by atoms with E-state index in [1.54, 1.807) is 0 Å². The van der Waals surface area contributed by atoms with E-state index in [0.29, 0.717) is 12.5 Å². The fourth-order valence-electron chi connectivity index (χ4n) is 3.34. The number of rotatable bonds is 8. The van der Waals surface area contributed by atoms with Crippen molar-refractivity contribution in [3.63, 3.8) is 0 Å². The summed E-state index contributed by atoms with van der Waals surface area (Å²) in [6.45, 7) is 8.21. The second-order valence-corrected chi connectivity index (χ2v) is 7.86. The number of piperidine rings is 1. The van der Waals surface area contributed by atoms with Gasteiger partial charge >= 0.3 is 0 Å². The summed E-state index contributed by atoms with van der Waals surface area (Å²) in [6.07, 6.45) is 5.99. The molecule has 1 amide bonds. The van der Waals surface area contributed by atoms with E-state index in [0.717, 1.165) is 56.3 Å². The maximum absolute atomic E-state index is 12.4. The van der Waals surface area contributed by atoms with Crippen LogP contribution in [0.4, 0.5) is 0 Å². The van der Waals surface area contributed by atoms with Crippen molar-refractivity contribution in [1.82, 2.24) is 15.5 Å². The minimum Gasteiger partial charge on any atom is -0.493 e. The summed E-state index contributed by atoms with van der Waals surface area (Å²) >= 11 is 0. The molecule has 1 aromatic carbocycles. The van der Waals surface area contributed by atoms with E-state index in [2.05, 4.69) is 40.7 Å². The second kappa shape index (κ2) is 12.2. The fourth-order valence-corrected chi connectivity index (χ4v) is 3.34. The number of aryl methyl sites for hydroxylation is 1. The number of halogens is 1. The molecule has 1 aliphatic heterocycles. The fraction of sp³-hybridized carbons (Fsp3) is 0.636. The lowest BCUT2D eigenvalue weighted by Crippen LogP contribution is -2.46. The van der Waals surface area contributed by atoms with Crippen molar-refractivity contribution in [2.45, 2.75) is 52.5 Å². The lowest BCUT2D eigenvalue weighted by Gasteiger charge is -2.27. The molecule has 7 heteroatoms. The molecule has 2 N–H and O–H groups in total. The van der Waals surface area contributed by atoms with Gasteiger partial charge in [0.05, 0.1) is 19.7 Å². The van der Waals surface area contributed by atoms with Gasteiger partial charge in [0.25, 0.3) is 0 Å². The molecule has 3 rings (SSSR count). The SMILES string of the molecule is CCNC(=NCc1ccc(C)cc1OCC1CC1)NCC(=O)N1CCCCC1.I. The highest BCUT2D eigenvalue weighted by atomic mass is 127. The van der Waals surface area contributed by atoms with Crippen molar-refractivity contribution in [1.29, 1.82) is 0 Å². The summed E-state index contributed by atoms with van der Waals surface area (Å²) in [5, 5.41) is 6.42. The Balaban J connectivity index is 0.00000300. The highest BCUT2D eigenvalue weighted by Crippen LogP contribution is 2.30. The minimum absolute atomic E-state index is 0. The molecule has 29 heavy (non-hydrogen) atoms. The zero-order valence-corrected chi connectivity index (χ0v) is 20.0. The van der Waals surface area contributed by atoms with Crippen LogP contribution in [-0.4, -0.2) is 49.6 Å². The molecule has 0 bridgehead atoms. The number of benzene rings is 1. The predicted molar refractivity (Wildman–Crippen MR) is 128 cm³/mol. The van der Waals surface area contributed by atoms with Crippen molar-refractivity contribution in [2.24, 2.45) is 10.9 Å². The van der Waals surface area contributed by atoms with Crippen LogP contribution in [0.25, 0.3) is 0 Å². The lowest BCUT2D eigenvalue weighted by atomic mass is 10.1. The zero-order chi connectivity index (χ0) is 19.8. The third-order valence-electron chi connectivity index (χ3n) is 5.26. The van der Waals surface area contributed by atoms with Crippen molar-refractivity contribution in [3.8, 4) is 5.75 Å². The molecule has 0 radical (unpaired) electrons. The first-order valence-electron chi connectivity index (χ1n) is 10.7. The first-order valence-corrected chi connectivity index (χ1v) is 10.7. The number of ether oxygens (including phenoxy) is 1. The molecule has 0 aromatic heterocycles. The topological polar surface area (TPSA) is 66.0 Å². The van der Waals surface area contributed by atoms with E-state index >= 15 is 0 Å². The highest BCUT2D eigenvalue weighted by Gasteiger charge is 2.22. The van der Waals surface area contributed by atoms with E-state index < -0.39 is 0 Å². The standard InChI is InChI=1S/C22H34N4O2.HI/c1-3-23-22(25-15-21(27)26-11-5-4-6-12-26)24-14-19-10-7-17(2)13-20(19)28-16-18-8-9-18;/h7,10,13,18H,3-6,8-9,11-12,14-16H2,1-2H3,(H2,23,24,25);1H. The van der Waals surface area contributed by atoms with E-state index in [-0.39, 0.29) is 36.4 Å². The summed E-state index contributed by atoms with van der Waals surface area (Å²) in [5.41, 5.74) is 2.27.